The maximum atomic E-state index is 12.1. The molecule has 1 unspecified atom stereocenters. The van der Waals surface area contributed by atoms with Crippen LogP contribution < -0.4 is 10.5 Å². The van der Waals surface area contributed by atoms with Gasteiger partial charge in [-0.05, 0) is 43.0 Å². The number of nitrogens with two attached hydrogens (primary N) is 1. The second-order valence-corrected chi connectivity index (χ2v) is 6.88. The number of nitrogens with one attached hydrogen (secondary N) is 1. The number of rotatable bonds is 5. The zero-order valence-electron chi connectivity index (χ0n) is 9.67. The van der Waals surface area contributed by atoms with Gasteiger partial charge in [-0.25, -0.2) is 13.1 Å². The SMILES string of the molecule is Cl.NCC(NS(=O)(=O)c1ccc(Br)cc1)C1CC1. The van der Waals surface area contributed by atoms with Crippen LogP contribution in [0.5, 0.6) is 0 Å². The van der Waals surface area contributed by atoms with Gasteiger partial charge < -0.3 is 5.73 Å². The van der Waals surface area contributed by atoms with E-state index in [4.69, 9.17) is 5.73 Å². The van der Waals surface area contributed by atoms with E-state index in [2.05, 4.69) is 20.7 Å². The van der Waals surface area contributed by atoms with E-state index in [1.165, 1.54) is 0 Å². The predicted molar refractivity (Wildman–Crippen MR) is 77.3 cm³/mol. The van der Waals surface area contributed by atoms with Gasteiger partial charge in [0.05, 0.1) is 4.90 Å². The predicted octanol–water partition coefficient (Wildman–Crippen LogP) is 1.89. The van der Waals surface area contributed by atoms with E-state index in [-0.39, 0.29) is 23.3 Å². The number of hydrogen-bond acceptors (Lipinski definition) is 3. The van der Waals surface area contributed by atoms with Crippen molar-refractivity contribution in [3.05, 3.63) is 28.7 Å². The maximum absolute atomic E-state index is 12.1. The third-order valence-electron chi connectivity index (χ3n) is 2.88. The van der Waals surface area contributed by atoms with Crippen molar-refractivity contribution < 1.29 is 8.42 Å². The van der Waals surface area contributed by atoms with E-state index in [0.717, 1.165) is 17.3 Å². The molecule has 0 bridgehead atoms. The van der Waals surface area contributed by atoms with Crippen LogP contribution in [0.25, 0.3) is 0 Å². The van der Waals surface area contributed by atoms with Gasteiger partial charge >= 0.3 is 0 Å². The van der Waals surface area contributed by atoms with Crippen LogP contribution in [0.15, 0.2) is 33.6 Å². The highest BCUT2D eigenvalue weighted by molar-refractivity contribution is 9.10. The van der Waals surface area contributed by atoms with E-state index in [1.807, 2.05) is 0 Å². The number of sulfonamides is 1. The smallest absolute Gasteiger partial charge is 0.240 e. The van der Waals surface area contributed by atoms with Crippen LogP contribution in [0, 0.1) is 5.92 Å². The third kappa shape index (κ3) is 3.93. The van der Waals surface area contributed by atoms with Crippen LogP contribution in [0.1, 0.15) is 12.8 Å². The molecule has 4 nitrogen and oxygen atoms in total. The highest BCUT2D eigenvalue weighted by atomic mass is 79.9. The van der Waals surface area contributed by atoms with Crippen LogP contribution in [-0.2, 0) is 10.0 Å². The lowest BCUT2D eigenvalue weighted by molar-refractivity contribution is 0.519. The molecule has 1 aromatic rings. The first-order valence-corrected chi connectivity index (χ1v) is 7.78. The van der Waals surface area contributed by atoms with Crippen LogP contribution in [-0.4, -0.2) is 21.0 Å². The monoisotopic (exact) mass is 354 g/mol. The van der Waals surface area contributed by atoms with Crippen molar-refractivity contribution in [3.8, 4) is 0 Å². The molecule has 1 aliphatic rings. The summed E-state index contributed by atoms with van der Waals surface area (Å²) in [5, 5.41) is 0. The summed E-state index contributed by atoms with van der Waals surface area (Å²) < 4.78 is 27.7. The van der Waals surface area contributed by atoms with Crippen molar-refractivity contribution in [2.45, 2.75) is 23.8 Å². The maximum Gasteiger partial charge on any atom is 0.240 e. The molecule has 0 aromatic heterocycles. The Morgan fingerprint density at radius 2 is 1.89 bits per heavy atom. The summed E-state index contributed by atoms with van der Waals surface area (Å²) >= 11 is 3.27. The van der Waals surface area contributed by atoms with E-state index >= 15 is 0 Å². The fourth-order valence-electron chi connectivity index (χ4n) is 1.72. The van der Waals surface area contributed by atoms with Crippen LogP contribution in [0.4, 0.5) is 0 Å². The number of hydrogen-bond donors (Lipinski definition) is 2. The lowest BCUT2D eigenvalue weighted by Crippen LogP contribution is -2.41. The summed E-state index contributed by atoms with van der Waals surface area (Å²) in [6.45, 7) is 0.348. The fourth-order valence-corrected chi connectivity index (χ4v) is 3.30. The molecule has 1 fully saturated rings. The molecule has 18 heavy (non-hydrogen) atoms. The van der Waals surface area contributed by atoms with Gasteiger partial charge in [-0.1, -0.05) is 15.9 Å². The standard InChI is InChI=1S/C11H15BrN2O2S.ClH/c12-9-3-5-10(6-4-9)17(15,16)14-11(7-13)8-1-2-8;/h3-6,8,11,14H,1-2,7,13H2;1H. The molecule has 102 valence electrons. The molecule has 1 aliphatic carbocycles. The first kappa shape index (κ1) is 15.9. The van der Waals surface area contributed by atoms with E-state index in [9.17, 15) is 8.42 Å². The summed E-state index contributed by atoms with van der Waals surface area (Å²) in [5.74, 6) is 0.408. The third-order valence-corrected chi connectivity index (χ3v) is 4.91. The molecule has 0 radical (unpaired) electrons. The minimum absolute atomic E-state index is 0. The van der Waals surface area contributed by atoms with Crippen molar-refractivity contribution >= 4 is 38.4 Å². The lowest BCUT2D eigenvalue weighted by Gasteiger charge is -2.16. The van der Waals surface area contributed by atoms with Gasteiger partial charge in [0.1, 0.15) is 0 Å². The van der Waals surface area contributed by atoms with Crippen molar-refractivity contribution in [3.63, 3.8) is 0 Å². The molecular weight excluding hydrogens is 340 g/mol. The molecule has 1 saturated carbocycles. The average molecular weight is 356 g/mol. The van der Waals surface area contributed by atoms with E-state index in [1.54, 1.807) is 24.3 Å². The van der Waals surface area contributed by atoms with Gasteiger partial charge in [0.15, 0.2) is 0 Å². The Labute approximate surface area is 122 Å². The highest BCUT2D eigenvalue weighted by Crippen LogP contribution is 2.32. The average Bonchev–Trinajstić information content (AvgIpc) is 3.10. The van der Waals surface area contributed by atoms with Gasteiger partial charge in [0.25, 0.3) is 0 Å². The molecule has 0 heterocycles. The number of benzene rings is 1. The van der Waals surface area contributed by atoms with E-state index in [0.29, 0.717) is 12.5 Å². The van der Waals surface area contributed by atoms with Crippen LogP contribution >= 0.6 is 28.3 Å². The molecule has 0 spiro atoms. The largest absolute Gasteiger partial charge is 0.329 e. The molecule has 7 heteroatoms. The van der Waals surface area contributed by atoms with Crippen molar-refractivity contribution in [2.24, 2.45) is 11.7 Å². The van der Waals surface area contributed by atoms with Crippen LogP contribution in [0.3, 0.4) is 0 Å². The molecule has 2 rings (SSSR count). The Morgan fingerprint density at radius 3 is 2.33 bits per heavy atom. The zero-order valence-corrected chi connectivity index (χ0v) is 12.9. The zero-order chi connectivity index (χ0) is 12.5. The topological polar surface area (TPSA) is 72.2 Å². The van der Waals surface area contributed by atoms with Gasteiger partial charge in [0, 0.05) is 17.1 Å². The molecule has 3 N–H and O–H groups in total. The Kier molecular flexibility index (Phi) is 5.61. The summed E-state index contributed by atoms with van der Waals surface area (Å²) in [6.07, 6.45) is 2.12. The summed E-state index contributed by atoms with van der Waals surface area (Å²) in [7, 11) is -3.44. The van der Waals surface area contributed by atoms with Crippen molar-refractivity contribution in [1.82, 2.24) is 4.72 Å². The molecule has 0 saturated heterocycles. The normalized spacial score (nSPS) is 17.0. The van der Waals surface area contributed by atoms with Gasteiger partial charge in [-0.15, -0.1) is 12.4 Å². The van der Waals surface area contributed by atoms with E-state index < -0.39 is 10.0 Å². The molecule has 0 aliphatic heterocycles. The van der Waals surface area contributed by atoms with Gasteiger partial charge in [-0.2, -0.15) is 0 Å². The highest BCUT2D eigenvalue weighted by Gasteiger charge is 2.33. The summed E-state index contributed by atoms with van der Waals surface area (Å²) in [5.41, 5.74) is 5.59. The molecule has 0 amide bonds. The van der Waals surface area contributed by atoms with Crippen molar-refractivity contribution in [2.75, 3.05) is 6.54 Å². The second-order valence-electron chi connectivity index (χ2n) is 4.25. The molecule has 1 atom stereocenters. The van der Waals surface area contributed by atoms with Crippen molar-refractivity contribution in [1.29, 1.82) is 0 Å². The Balaban J connectivity index is 0.00000162. The Morgan fingerprint density at radius 1 is 1.33 bits per heavy atom. The summed E-state index contributed by atoms with van der Waals surface area (Å²) in [6, 6.07) is 6.44. The Hall–Kier alpha value is -0.140. The lowest BCUT2D eigenvalue weighted by atomic mass is 10.2. The Bertz CT molecular complexity index is 488. The van der Waals surface area contributed by atoms with Crippen LogP contribution in [0.2, 0.25) is 0 Å². The fraction of sp³-hybridized carbons (Fsp3) is 0.455. The molecular formula is C11H16BrClN2O2S. The second kappa shape index (κ2) is 6.34. The number of halogens is 2. The minimum Gasteiger partial charge on any atom is -0.329 e. The summed E-state index contributed by atoms with van der Waals surface area (Å²) in [4.78, 5) is 0.278. The molecule has 1 aromatic carbocycles. The minimum atomic E-state index is -3.44. The first-order chi connectivity index (χ1) is 8.03. The first-order valence-electron chi connectivity index (χ1n) is 5.51. The van der Waals surface area contributed by atoms with Gasteiger partial charge in [-0.3, -0.25) is 0 Å². The van der Waals surface area contributed by atoms with Gasteiger partial charge in [0.2, 0.25) is 10.0 Å². The quantitative estimate of drug-likeness (QED) is 0.847.